The van der Waals surface area contributed by atoms with Gasteiger partial charge in [0.1, 0.15) is 13.2 Å². The van der Waals surface area contributed by atoms with Crippen LogP contribution in [-0.2, 0) is 20.1 Å². The van der Waals surface area contributed by atoms with Crippen molar-refractivity contribution in [2.75, 3.05) is 13.2 Å². The summed E-state index contributed by atoms with van der Waals surface area (Å²) in [5.41, 5.74) is 3.78. The Morgan fingerprint density at radius 1 is 0.729 bits per heavy atom. The summed E-state index contributed by atoms with van der Waals surface area (Å²) in [4.78, 5) is 0. The molecule has 48 heavy (non-hydrogen) atoms. The number of allylic oxidation sites excluding steroid dienone is 1. The summed E-state index contributed by atoms with van der Waals surface area (Å²) in [6.07, 6.45) is -10.3. The monoisotopic (exact) mass is 698 g/mol. The standard InChI is InChI=1S/C33H41BF10N2O2/c1-18-11-20(3)45-26(18)25(22-13-23(28(5,6)7)15-24(14-22)29(8,9)10)27-19(2)12-21(4)46(27)34(47-16-30(35,36)32(39,40)41)48-17-31(37,38)33(42,43)44/h11-15,20,45H,16-17H2,1-10H3/b26-25-. The highest BCUT2D eigenvalue weighted by atomic mass is 19.4. The molecule has 0 amide bonds. The Hall–Kier alpha value is -2.94. The van der Waals surface area contributed by atoms with Crippen molar-refractivity contribution >= 4 is 12.8 Å². The highest BCUT2D eigenvalue weighted by molar-refractivity contribution is 6.43. The predicted octanol–water partition coefficient (Wildman–Crippen LogP) is 9.66. The molecule has 268 valence electrons. The van der Waals surface area contributed by atoms with Crippen molar-refractivity contribution < 1.29 is 53.2 Å². The van der Waals surface area contributed by atoms with Gasteiger partial charge < -0.3 is 19.1 Å². The molecule has 15 heteroatoms. The molecular weight excluding hydrogens is 657 g/mol. The van der Waals surface area contributed by atoms with Gasteiger partial charge in [0.15, 0.2) is 0 Å². The van der Waals surface area contributed by atoms with Gasteiger partial charge in [-0.2, -0.15) is 43.9 Å². The molecule has 0 bridgehead atoms. The van der Waals surface area contributed by atoms with E-state index in [1.807, 2.05) is 72.7 Å². The third kappa shape index (κ3) is 8.43. The lowest BCUT2D eigenvalue weighted by atomic mass is 9.78. The average Bonchev–Trinajstić information content (AvgIpc) is 3.38. The molecule has 2 heterocycles. The molecular formula is C33H41BF10N2O2. The minimum atomic E-state index is -6.10. The normalized spacial score (nSPS) is 17.8. The van der Waals surface area contributed by atoms with E-state index < -0.39 is 44.7 Å². The Bertz CT molecular complexity index is 1500. The molecule has 0 saturated carbocycles. The molecule has 2 aromatic rings. The molecule has 0 aliphatic carbocycles. The van der Waals surface area contributed by atoms with E-state index in [1.165, 1.54) is 13.0 Å². The summed E-state index contributed by atoms with van der Waals surface area (Å²) in [7, 11) is -2.55. The lowest BCUT2D eigenvalue weighted by Gasteiger charge is -2.29. The SMILES string of the molecule is CC1=CC(C)N/C1=C(/c1cc(C(C)(C)C)cc(C(C)(C)C)c1)c1c(C)cc(C)n1B(OCC(F)(F)C(F)(F)F)OCC(F)(F)C(F)(F)F. The van der Waals surface area contributed by atoms with Gasteiger partial charge in [0.05, 0.1) is 0 Å². The van der Waals surface area contributed by atoms with Crippen molar-refractivity contribution in [2.45, 2.75) is 110 Å². The molecule has 0 radical (unpaired) electrons. The van der Waals surface area contributed by atoms with Gasteiger partial charge in [-0.15, -0.1) is 0 Å². The van der Waals surface area contributed by atoms with Crippen molar-refractivity contribution in [2.24, 2.45) is 0 Å². The molecule has 1 aromatic carbocycles. The number of alkyl halides is 10. The topological polar surface area (TPSA) is 35.4 Å². The highest BCUT2D eigenvalue weighted by Crippen LogP contribution is 2.41. The first-order valence-corrected chi connectivity index (χ1v) is 15.1. The van der Waals surface area contributed by atoms with Crippen LogP contribution in [0.5, 0.6) is 0 Å². The third-order valence-electron chi connectivity index (χ3n) is 7.98. The fraction of sp³-hybridized carbons (Fsp3) is 0.576. The van der Waals surface area contributed by atoms with Gasteiger partial charge in [-0.3, -0.25) is 0 Å². The van der Waals surface area contributed by atoms with Crippen LogP contribution in [0.1, 0.15) is 89.0 Å². The summed E-state index contributed by atoms with van der Waals surface area (Å²) < 4.78 is 146. The van der Waals surface area contributed by atoms with Crippen molar-refractivity contribution in [3.05, 3.63) is 75.3 Å². The molecule has 1 aromatic heterocycles. The van der Waals surface area contributed by atoms with Crippen LogP contribution in [0.2, 0.25) is 0 Å². The second-order valence-corrected chi connectivity index (χ2v) is 14.4. The maximum atomic E-state index is 14.1. The van der Waals surface area contributed by atoms with Crippen LogP contribution in [0.15, 0.2) is 41.6 Å². The highest BCUT2D eigenvalue weighted by Gasteiger charge is 2.60. The van der Waals surface area contributed by atoms with Crippen molar-refractivity contribution in [1.82, 2.24) is 9.79 Å². The van der Waals surface area contributed by atoms with Crippen molar-refractivity contribution in [3.63, 3.8) is 0 Å². The maximum Gasteiger partial charge on any atom is 0.598 e. The minimum Gasteiger partial charge on any atom is -0.385 e. The summed E-state index contributed by atoms with van der Waals surface area (Å²) in [5.74, 6) is -11.0. The molecule has 4 nitrogen and oxygen atoms in total. The van der Waals surface area contributed by atoms with Gasteiger partial charge in [0, 0.05) is 28.7 Å². The Morgan fingerprint density at radius 3 is 1.52 bits per heavy atom. The first-order valence-electron chi connectivity index (χ1n) is 15.1. The second-order valence-electron chi connectivity index (χ2n) is 14.4. The van der Waals surface area contributed by atoms with Crippen LogP contribution in [0, 0.1) is 13.8 Å². The number of aryl methyl sites for hydroxylation is 2. The van der Waals surface area contributed by atoms with E-state index in [-0.39, 0.29) is 28.3 Å². The van der Waals surface area contributed by atoms with Gasteiger partial charge in [0.25, 0.3) is 0 Å². The van der Waals surface area contributed by atoms with Crippen LogP contribution in [0.4, 0.5) is 43.9 Å². The molecule has 0 fully saturated rings. The van der Waals surface area contributed by atoms with Gasteiger partial charge in [-0.1, -0.05) is 65.8 Å². The fourth-order valence-electron chi connectivity index (χ4n) is 5.27. The summed E-state index contributed by atoms with van der Waals surface area (Å²) in [6, 6.07) is 7.08. The van der Waals surface area contributed by atoms with E-state index in [2.05, 4.69) is 5.32 Å². The number of nitrogens with one attached hydrogen (secondary N) is 1. The quantitative estimate of drug-likeness (QED) is 0.209. The smallest absolute Gasteiger partial charge is 0.385 e. The van der Waals surface area contributed by atoms with E-state index in [1.54, 1.807) is 13.8 Å². The Balaban J connectivity index is 2.41. The molecule has 0 saturated heterocycles. The maximum absolute atomic E-state index is 14.1. The summed E-state index contributed by atoms with van der Waals surface area (Å²) in [6.45, 7) is 13.7. The fourth-order valence-corrected chi connectivity index (χ4v) is 5.27. The molecule has 1 atom stereocenters. The molecule has 1 N–H and O–H groups in total. The van der Waals surface area contributed by atoms with Crippen LogP contribution in [-0.4, -0.2) is 55.2 Å². The number of rotatable bonds is 9. The van der Waals surface area contributed by atoms with E-state index in [0.717, 1.165) is 21.2 Å². The molecule has 1 unspecified atom stereocenters. The van der Waals surface area contributed by atoms with E-state index in [9.17, 15) is 43.9 Å². The van der Waals surface area contributed by atoms with Crippen LogP contribution >= 0.6 is 0 Å². The molecule has 1 aliphatic rings. The number of halogens is 10. The van der Waals surface area contributed by atoms with Crippen LogP contribution in [0.25, 0.3) is 5.57 Å². The minimum absolute atomic E-state index is 0.0759. The number of hydrogen-bond acceptors (Lipinski definition) is 3. The van der Waals surface area contributed by atoms with Crippen LogP contribution < -0.4 is 5.32 Å². The van der Waals surface area contributed by atoms with Gasteiger partial charge in [-0.25, -0.2) is 0 Å². The molecule has 0 spiro atoms. The third-order valence-corrected chi connectivity index (χ3v) is 7.98. The Labute approximate surface area is 274 Å². The Morgan fingerprint density at radius 2 is 1.17 bits per heavy atom. The molecule has 1 aliphatic heterocycles. The van der Waals surface area contributed by atoms with Crippen molar-refractivity contribution in [3.8, 4) is 0 Å². The second kappa shape index (κ2) is 13.1. The molecule has 3 rings (SSSR count). The number of aromatic nitrogens is 1. The van der Waals surface area contributed by atoms with Gasteiger partial charge >= 0.3 is 31.5 Å². The summed E-state index contributed by atoms with van der Waals surface area (Å²) in [5, 5.41) is 3.33. The zero-order valence-corrected chi connectivity index (χ0v) is 28.5. The average molecular weight is 698 g/mol. The number of benzene rings is 1. The van der Waals surface area contributed by atoms with Gasteiger partial charge in [-0.05, 0) is 72.4 Å². The van der Waals surface area contributed by atoms with E-state index in [0.29, 0.717) is 22.4 Å². The Kier molecular flexibility index (Phi) is 10.8. The largest absolute Gasteiger partial charge is 0.598 e. The summed E-state index contributed by atoms with van der Waals surface area (Å²) >= 11 is 0. The van der Waals surface area contributed by atoms with Crippen molar-refractivity contribution in [1.29, 1.82) is 0 Å². The predicted molar refractivity (Wildman–Crippen MR) is 165 cm³/mol. The zero-order chi connectivity index (χ0) is 37.0. The lowest BCUT2D eigenvalue weighted by molar-refractivity contribution is -0.295. The van der Waals surface area contributed by atoms with Crippen LogP contribution in [0.3, 0.4) is 0 Å². The zero-order valence-electron chi connectivity index (χ0n) is 28.5. The first kappa shape index (κ1) is 39.5. The van der Waals surface area contributed by atoms with E-state index in [4.69, 9.17) is 9.31 Å². The number of hydrogen-bond donors (Lipinski definition) is 1. The van der Waals surface area contributed by atoms with Gasteiger partial charge in [0.2, 0.25) is 0 Å². The number of nitrogens with zero attached hydrogens (tertiary/aromatic N) is 1. The first-order chi connectivity index (χ1) is 21.5. The lowest BCUT2D eigenvalue weighted by Crippen LogP contribution is -2.48. The van der Waals surface area contributed by atoms with E-state index >= 15 is 0 Å².